The topological polar surface area (TPSA) is 101 Å². The Balaban J connectivity index is 2.22. The van der Waals surface area contributed by atoms with Crippen LogP contribution in [0, 0.1) is 5.92 Å². The second kappa shape index (κ2) is 5.80. The van der Waals surface area contributed by atoms with E-state index < -0.39 is 5.91 Å². The van der Waals surface area contributed by atoms with Crippen LogP contribution in [0.25, 0.3) is 0 Å². The van der Waals surface area contributed by atoms with Crippen LogP contribution in [-0.2, 0) is 0 Å². The fourth-order valence-corrected chi connectivity index (χ4v) is 3.09. The van der Waals surface area contributed by atoms with Crippen molar-refractivity contribution < 1.29 is 9.59 Å². The fourth-order valence-electron chi connectivity index (χ4n) is 1.92. The Morgan fingerprint density at radius 3 is 2.55 bits per heavy atom. The molecule has 0 radical (unpaired) electrons. The van der Waals surface area contributed by atoms with Gasteiger partial charge in [-0.05, 0) is 26.9 Å². The number of nitrogens with two attached hydrogens (primary N) is 2. The Morgan fingerprint density at radius 1 is 1.40 bits per heavy atom. The standard InChI is InChI=1S/C13H20N4O2S/c1-17(2)6-5-16-13-8(12(15)19)9(14)11(20-13)10(18)7-3-4-7/h7,16H,3-6,14H2,1-2H3,(H2,15,19). The van der Waals surface area contributed by atoms with Crippen molar-refractivity contribution in [3.8, 4) is 0 Å². The highest BCUT2D eigenvalue weighted by Gasteiger charge is 2.34. The molecule has 1 heterocycles. The molecule has 1 aliphatic carbocycles. The number of rotatable bonds is 7. The third kappa shape index (κ3) is 3.10. The number of hydrogen-bond donors (Lipinski definition) is 3. The number of primary amides is 1. The van der Waals surface area contributed by atoms with Gasteiger partial charge in [-0.15, -0.1) is 11.3 Å². The van der Waals surface area contributed by atoms with E-state index in [9.17, 15) is 9.59 Å². The minimum atomic E-state index is -0.596. The first kappa shape index (κ1) is 14.8. The highest BCUT2D eigenvalue weighted by Crippen LogP contribution is 2.41. The van der Waals surface area contributed by atoms with Gasteiger partial charge in [-0.3, -0.25) is 9.59 Å². The first-order chi connectivity index (χ1) is 9.41. The minimum absolute atomic E-state index is 0.0376. The Labute approximate surface area is 122 Å². The molecule has 1 aromatic heterocycles. The van der Waals surface area contributed by atoms with E-state index in [-0.39, 0.29) is 23.0 Å². The van der Waals surface area contributed by atoms with Crippen molar-refractivity contribution in [3.63, 3.8) is 0 Å². The van der Waals surface area contributed by atoms with Crippen molar-refractivity contribution in [1.82, 2.24) is 4.90 Å². The van der Waals surface area contributed by atoms with Gasteiger partial charge in [-0.2, -0.15) is 0 Å². The molecule has 7 heteroatoms. The number of carbonyl (C=O) groups is 2. The Morgan fingerprint density at radius 2 is 2.05 bits per heavy atom. The normalized spacial score (nSPS) is 14.6. The molecule has 0 aliphatic heterocycles. The van der Waals surface area contributed by atoms with Gasteiger partial charge in [-0.25, -0.2) is 0 Å². The molecule has 110 valence electrons. The molecule has 1 aromatic rings. The van der Waals surface area contributed by atoms with E-state index >= 15 is 0 Å². The van der Waals surface area contributed by atoms with Gasteiger partial charge in [0.25, 0.3) is 5.91 Å². The second-order valence-electron chi connectivity index (χ2n) is 5.28. The van der Waals surface area contributed by atoms with Crippen molar-refractivity contribution in [3.05, 3.63) is 10.4 Å². The van der Waals surface area contributed by atoms with Crippen LogP contribution < -0.4 is 16.8 Å². The van der Waals surface area contributed by atoms with E-state index in [1.807, 2.05) is 19.0 Å². The van der Waals surface area contributed by atoms with Crippen molar-refractivity contribution in [1.29, 1.82) is 0 Å². The number of nitrogens with one attached hydrogen (secondary N) is 1. The van der Waals surface area contributed by atoms with Crippen LogP contribution in [0.2, 0.25) is 0 Å². The lowest BCUT2D eigenvalue weighted by Crippen LogP contribution is -2.22. The zero-order chi connectivity index (χ0) is 14.9. The van der Waals surface area contributed by atoms with Crippen LogP contribution in [0.4, 0.5) is 10.7 Å². The zero-order valence-electron chi connectivity index (χ0n) is 11.7. The summed E-state index contributed by atoms with van der Waals surface area (Å²) in [5.41, 5.74) is 11.8. The predicted molar refractivity (Wildman–Crippen MR) is 81.3 cm³/mol. The molecule has 1 saturated carbocycles. The van der Waals surface area contributed by atoms with E-state index in [0.29, 0.717) is 16.4 Å². The molecular weight excluding hydrogens is 276 g/mol. The highest BCUT2D eigenvalue weighted by atomic mass is 32.1. The number of carbonyl (C=O) groups excluding carboxylic acids is 2. The fraction of sp³-hybridized carbons (Fsp3) is 0.538. The van der Waals surface area contributed by atoms with Crippen LogP contribution in [-0.4, -0.2) is 43.8 Å². The van der Waals surface area contributed by atoms with Crippen LogP contribution in [0.3, 0.4) is 0 Å². The molecule has 5 N–H and O–H groups in total. The molecule has 0 atom stereocenters. The van der Waals surface area contributed by atoms with Crippen molar-refractivity contribution in [2.45, 2.75) is 12.8 Å². The summed E-state index contributed by atoms with van der Waals surface area (Å²) in [6.45, 7) is 1.46. The first-order valence-electron chi connectivity index (χ1n) is 6.56. The van der Waals surface area contributed by atoms with Crippen LogP contribution in [0.15, 0.2) is 0 Å². The summed E-state index contributed by atoms with van der Waals surface area (Å²) in [5.74, 6) is -0.483. The number of Topliss-reactive ketones (excluding diaryl/α,β-unsaturated/α-hetero) is 1. The molecule has 20 heavy (non-hydrogen) atoms. The van der Waals surface area contributed by atoms with E-state index in [4.69, 9.17) is 11.5 Å². The summed E-state index contributed by atoms with van der Waals surface area (Å²) in [6.07, 6.45) is 1.82. The number of amides is 1. The minimum Gasteiger partial charge on any atom is -0.397 e. The second-order valence-corrected chi connectivity index (χ2v) is 6.30. The number of anilines is 2. The molecule has 0 bridgehead atoms. The molecule has 0 saturated heterocycles. The number of nitrogens with zero attached hydrogens (tertiary/aromatic N) is 1. The van der Waals surface area contributed by atoms with Gasteiger partial charge in [0.2, 0.25) is 0 Å². The maximum Gasteiger partial charge on any atom is 0.253 e. The van der Waals surface area contributed by atoms with Crippen molar-refractivity contribution in [2.75, 3.05) is 38.2 Å². The van der Waals surface area contributed by atoms with Crippen LogP contribution >= 0.6 is 11.3 Å². The summed E-state index contributed by atoms with van der Waals surface area (Å²) in [7, 11) is 3.92. The third-order valence-electron chi connectivity index (χ3n) is 3.21. The van der Waals surface area contributed by atoms with Gasteiger partial charge in [0.15, 0.2) is 5.78 Å². The number of likely N-dealkylation sites (N-methyl/N-ethyl adjacent to an activating group) is 1. The van der Waals surface area contributed by atoms with E-state index in [0.717, 1.165) is 19.4 Å². The molecule has 6 nitrogen and oxygen atoms in total. The van der Waals surface area contributed by atoms with Gasteiger partial charge in [-0.1, -0.05) is 0 Å². The summed E-state index contributed by atoms with van der Waals surface area (Å²) in [6, 6.07) is 0. The van der Waals surface area contributed by atoms with Gasteiger partial charge < -0.3 is 21.7 Å². The average Bonchev–Trinajstić information content (AvgIpc) is 3.13. The molecule has 1 fully saturated rings. The smallest absolute Gasteiger partial charge is 0.253 e. The quantitative estimate of drug-likeness (QED) is 0.651. The molecular formula is C13H20N4O2S. The average molecular weight is 296 g/mol. The number of thiophene rings is 1. The Bertz CT molecular complexity index is 535. The highest BCUT2D eigenvalue weighted by molar-refractivity contribution is 7.19. The molecule has 2 rings (SSSR count). The van der Waals surface area contributed by atoms with E-state index in [1.165, 1.54) is 11.3 Å². The van der Waals surface area contributed by atoms with Gasteiger partial charge in [0.1, 0.15) is 5.00 Å². The predicted octanol–water partition coefficient (Wildman–Crippen LogP) is 0.995. The van der Waals surface area contributed by atoms with E-state index in [2.05, 4.69) is 5.32 Å². The van der Waals surface area contributed by atoms with E-state index in [1.54, 1.807) is 0 Å². The van der Waals surface area contributed by atoms with Crippen molar-refractivity contribution in [2.24, 2.45) is 11.7 Å². The molecule has 1 amide bonds. The van der Waals surface area contributed by atoms with Crippen LogP contribution in [0.5, 0.6) is 0 Å². The van der Waals surface area contributed by atoms with Gasteiger partial charge >= 0.3 is 0 Å². The van der Waals surface area contributed by atoms with Crippen molar-refractivity contribution >= 4 is 33.7 Å². The first-order valence-corrected chi connectivity index (χ1v) is 7.38. The number of nitrogen functional groups attached to an aromatic ring is 1. The maximum absolute atomic E-state index is 12.1. The molecule has 1 aliphatic rings. The zero-order valence-corrected chi connectivity index (χ0v) is 12.5. The lowest BCUT2D eigenvalue weighted by Gasteiger charge is -2.10. The molecule has 0 aromatic carbocycles. The summed E-state index contributed by atoms with van der Waals surface area (Å²) in [4.78, 5) is 26.2. The Hall–Kier alpha value is -1.60. The summed E-state index contributed by atoms with van der Waals surface area (Å²) in [5, 5.41) is 3.74. The van der Waals surface area contributed by atoms with Gasteiger partial charge in [0, 0.05) is 19.0 Å². The van der Waals surface area contributed by atoms with Gasteiger partial charge in [0.05, 0.1) is 16.1 Å². The lowest BCUT2D eigenvalue weighted by atomic mass is 10.1. The largest absolute Gasteiger partial charge is 0.397 e. The third-order valence-corrected chi connectivity index (χ3v) is 4.39. The monoisotopic (exact) mass is 296 g/mol. The SMILES string of the molecule is CN(C)CCNc1sc(C(=O)C2CC2)c(N)c1C(N)=O. The summed E-state index contributed by atoms with van der Waals surface area (Å²) < 4.78 is 0. The number of ketones is 1. The summed E-state index contributed by atoms with van der Waals surface area (Å²) >= 11 is 1.24. The molecule has 0 unspecified atom stereocenters. The number of hydrogen-bond acceptors (Lipinski definition) is 6. The maximum atomic E-state index is 12.1. The Kier molecular flexibility index (Phi) is 4.29. The lowest BCUT2D eigenvalue weighted by molar-refractivity contribution is 0.0972. The molecule has 0 spiro atoms. The van der Waals surface area contributed by atoms with Crippen LogP contribution in [0.1, 0.15) is 32.9 Å².